The predicted molar refractivity (Wildman–Crippen MR) is 67.4 cm³/mol. The predicted octanol–water partition coefficient (Wildman–Crippen LogP) is -0.00210. The lowest BCUT2D eigenvalue weighted by molar-refractivity contribution is -0.123. The molecule has 0 radical (unpaired) electrons. The Bertz CT molecular complexity index is 220. The number of aliphatic hydroxyl groups excluding tert-OH is 2. The molecule has 0 spiro atoms. The fourth-order valence-electron chi connectivity index (χ4n) is 1.61. The average Bonchev–Trinajstić information content (AvgIpc) is 2.23. The maximum atomic E-state index is 11.7. The third-order valence-corrected chi connectivity index (χ3v) is 2.55. The average molecular weight is 246 g/mol. The number of aliphatic hydroxyl groups is 2. The number of nitrogens with one attached hydrogen (secondary N) is 1. The van der Waals surface area contributed by atoms with Gasteiger partial charge in [0.05, 0.1) is 24.8 Å². The topological polar surface area (TPSA) is 95.6 Å². The molecule has 0 bridgehead atoms. The number of rotatable bonds is 8. The van der Waals surface area contributed by atoms with Crippen molar-refractivity contribution in [2.24, 2.45) is 11.7 Å². The molecule has 0 rings (SSSR count). The van der Waals surface area contributed by atoms with Gasteiger partial charge in [-0.3, -0.25) is 4.79 Å². The van der Waals surface area contributed by atoms with Gasteiger partial charge in [-0.05, 0) is 32.1 Å². The number of amides is 1. The molecular weight excluding hydrogens is 220 g/mol. The number of carbonyl (C=O) groups excluding carboxylic acids is 1. The molecule has 0 aromatic carbocycles. The molecule has 0 saturated heterocycles. The van der Waals surface area contributed by atoms with Crippen LogP contribution in [0.3, 0.4) is 0 Å². The normalized spacial score (nSPS) is 16.6. The lowest BCUT2D eigenvalue weighted by Gasteiger charge is -2.21. The molecule has 0 aliphatic rings. The van der Waals surface area contributed by atoms with E-state index in [4.69, 9.17) is 15.9 Å². The maximum absolute atomic E-state index is 11.7. The fourth-order valence-corrected chi connectivity index (χ4v) is 1.61. The third kappa shape index (κ3) is 8.12. The Kier molecular flexibility index (Phi) is 8.12. The highest BCUT2D eigenvalue weighted by molar-refractivity contribution is 5.81. The molecule has 2 unspecified atom stereocenters. The van der Waals surface area contributed by atoms with Gasteiger partial charge in [-0.1, -0.05) is 13.8 Å². The molecular formula is C12H26N2O3. The van der Waals surface area contributed by atoms with E-state index in [1.165, 1.54) is 0 Å². The number of hydrogen-bond donors (Lipinski definition) is 4. The van der Waals surface area contributed by atoms with Crippen LogP contribution < -0.4 is 11.1 Å². The van der Waals surface area contributed by atoms with Gasteiger partial charge >= 0.3 is 0 Å². The first kappa shape index (κ1) is 16.4. The summed E-state index contributed by atoms with van der Waals surface area (Å²) >= 11 is 0. The monoisotopic (exact) mass is 246 g/mol. The van der Waals surface area contributed by atoms with Crippen molar-refractivity contribution in [1.82, 2.24) is 5.32 Å². The van der Waals surface area contributed by atoms with Crippen LogP contribution >= 0.6 is 0 Å². The summed E-state index contributed by atoms with van der Waals surface area (Å²) in [5.74, 6) is 0.145. The van der Waals surface area contributed by atoms with E-state index in [1.807, 2.05) is 13.8 Å². The summed E-state index contributed by atoms with van der Waals surface area (Å²) in [5.41, 5.74) is 5.69. The fraction of sp³-hybridized carbons (Fsp3) is 0.917. The quantitative estimate of drug-likeness (QED) is 0.485. The van der Waals surface area contributed by atoms with Crippen molar-refractivity contribution in [3.63, 3.8) is 0 Å². The Morgan fingerprint density at radius 2 is 1.88 bits per heavy atom. The van der Waals surface area contributed by atoms with Crippen LogP contribution in [0.5, 0.6) is 0 Å². The van der Waals surface area contributed by atoms with Gasteiger partial charge in [0.15, 0.2) is 0 Å². The van der Waals surface area contributed by atoms with Crippen LogP contribution in [0.25, 0.3) is 0 Å². The zero-order valence-corrected chi connectivity index (χ0v) is 11.0. The highest BCUT2D eigenvalue weighted by Crippen LogP contribution is 2.05. The third-order valence-electron chi connectivity index (χ3n) is 2.55. The van der Waals surface area contributed by atoms with Gasteiger partial charge in [0, 0.05) is 0 Å². The van der Waals surface area contributed by atoms with Crippen molar-refractivity contribution in [3.05, 3.63) is 0 Å². The molecule has 0 aliphatic heterocycles. The molecule has 0 fully saturated rings. The zero-order chi connectivity index (χ0) is 13.4. The molecule has 3 atom stereocenters. The molecule has 1 amide bonds. The summed E-state index contributed by atoms with van der Waals surface area (Å²) < 4.78 is 0. The summed E-state index contributed by atoms with van der Waals surface area (Å²) in [7, 11) is 0. The Labute approximate surface area is 103 Å². The molecule has 102 valence electrons. The molecule has 0 aliphatic carbocycles. The molecule has 5 heteroatoms. The van der Waals surface area contributed by atoms with Crippen LogP contribution in [0.4, 0.5) is 0 Å². The summed E-state index contributed by atoms with van der Waals surface area (Å²) in [6, 6.07) is -0.856. The number of carbonyl (C=O) groups is 1. The summed E-state index contributed by atoms with van der Waals surface area (Å²) in [6.45, 7) is 5.65. The first-order valence-electron chi connectivity index (χ1n) is 6.21. The second-order valence-electron chi connectivity index (χ2n) is 5.05. The number of nitrogens with two attached hydrogens (primary N) is 1. The minimum absolute atomic E-state index is 0.0763. The Morgan fingerprint density at radius 3 is 2.29 bits per heavy atom. The largest absolute Gasteiger partial charge is 0.394 e. The molecule has 0 heterocycles. The lowest BCUT2D eigenvalue weighted by atomic mass is 10.0. The Balaban J connectivity index is 4.03. The molecule has 5 N–H and O–H groups in total. The SMILES string of the molecule is CC(C)C[C@@H](CO)NC(=O)C(N)CCC(C)O. The van der Waals surface area contributed by atoms with Crippen molar-refractivity contribution in [3.8, 4) is 0 Å². The van der Waals surface area contributed by atoms with E-state index in [0.717, 1.165) is 6.42 Å². The van der Waals surface area contributed by atoms with Crippen molar-refractivity contribution in [2.45, 2.75) is 58.2 Å². The van der Waals surface area contributed by atoms with Gasteiger partial charge < -0.3 is 21.3 Å². The second-order valence-corrected chi connectivity index (χ2v) is 5.05. The van der Waals surface area contributed by atoms with Crippen LogP contribution in [-0.4, -0.2) is 40.9 Å². The summed E-state index contributed by atoms with van der Waals surface area (Å²) in [4.78, 5) is 11.7. The highest BCUT2D eigenvalue weighted by atomic mass is 16.3. The van der Waals surface area contributed by atoms with Gasteiger partial charge in [-0.25, -0.2) is 0 Å². The van der Waals surface area contributed by atoms with Crippen molar-refractivity contribution in [1.29, 1.82) is 0 Å². The van der Waals surface area contributed by atoms with E-state index in [2.05, 4.69) is 5.32 Å². The van der Waals surface area contributed by atoms with Crippen molar-refractivity contribution >= 4 is 5.91 Å². The van der Waals surface area contributed by atoms with Crippen molar-refractivity contribution in [2.75, 3.05) is 6.61 Å². The maximum Gasteiger partial charge on any atom is 0.237 e. The Hall–Kier alpha value is -0.650. The van der Waals surface area contributed by atoms with Crippen LogP contribution in [0.1, 0.15) is 40.0 Å². The van der Waals surface area contributed by atoms with Crippen molar-refractivity contribution < 1.29 is 15.0 Å². The minimum Gasteiger partial charge on any atom is -0.394 e. The van der Waals surface area contributed by atoms with Gasteiger partial charge in [0.1, 0.15) is 0 Å². The van der Waals surface area contributed by atoms with Gasteiger partial charge in [-0.2, -0.15) is 0 Å². The first-order valence-corrected chi connectivity index (χ1v) is 6.21. The number of hydrogen-bond acceptors (Lipinski definition) is 4. The Morgan fingerprint density at radius 1 is 1.29 bits per heavy atom. The van der Waals surface area contributed by atoms with Gasteiger partial charge in [0.2, 0.25) is 5.91 Å². The van der Waals surface area contributed by atoms with E-state index in [-0.39, 0.29) is 18.6 Å². The van der Waals surface area contributed by atoms with Crippen LogP contribution in [-0.2, 0) is 4.79 Å². The molecule has 0 aromatic heterocycles. The smallest absolute Gasteiger partial charge is 0.237 e. The molecule has 0 aromatic rings. The van der Waals surface area contributed by atoms with Gasteiger partial charge in [-0.15, -0.1) is 0 Å². The van der Waals surface area contributed by atoms with E-state index in [9.17, 15) is 4.79 Å². The molecule has 0 saturated carbocycles. The summed E-state index contributed by atoms with van der Waals surface area (Å²) in [6.07, 6.45) is 1.23. The summed E-state index contributed by atoms with van der Waals surface area (Å²) in [5, 5.41) is 21.0. The molecule has 17 heavy (non-hydrogen) atoms. The standard InChI is InChI=1S/C12H26N2O3/c1-8(2)6-10(7-15)14-12(17)11(13)5-4-9(3)16/h8-11,15-16H,4-7,13H2,1-3H3,(H,14,17)/t9?,10-,11?/m0/s1. The van der Waals surface area contributed by atoms with Gasteiger partial charge in [0.25, 0.3) is 0 Å². The van der Waals surface area contributed by atoms with Crippen LogP contribution in [0, 0.1) is 5.92 Å². The highest BCUT2D eigenvalue weighted by Gasteiger charge is 2.18. The van der Waals surface area contributed by atoms with E-state index in [0.29, 0.717) is 18.8 Å². The molecule has 5 nitrogen and oxygen atoms in total. The van der Waals surface area contributed by atoms with E-state index < -0.39 is 12.1 Å². The van der Waals surface area contributed by atoms with E-state index in [1.54, 1.807) is 6.92 Å². The van der Waals surface area contributed by atoms with Crippen LogP contribution in [0.15, 0.2) is 0 Å². The minimum atomic E-state index is -0.620. The lowest BCUT2D eigenvalue weighted by Crippen LogP contribution is -2.47. The zero-order valence-electron chi connectivity index (χ0n) is 11.0. The van der Waals surface area contributed by atoms with E-state index >= 15 is 0 Å². The first-order chi connectivity index (χ1) is 7.86. The second kappa shape index (κ2) is 8.44. The van der Waals surface area contributed by atoms with Crippen LogP contribution in [0.2, 0.25) is 0 Å².